The lowest BCUT2D eigenvalue weighted by Gasteiger charge is -2.09. The van der Waals surface area contributed by atoms with E-state index >= 15 is 0 Å². The largest absolute Gasteiger partial charge is 0.508 e. The Morgan fingerprint density at radius 1 is 0.739 bits per heavy atom. The Balaban J connectivity index is 1.83. The van der Waals surface area contributed by atoms with Gasteiger partial charge in [-0.25, -0.2) is 8.42 Å². The number of hydrogen-bond acceptors (Lipinski definition) is 3. The molecule has 0 aliphatic carbocycles. The number of aromatic hydroxyl groups is 1. The fourth-order valence-corrected chi connectivity index (χ4v) is 3.31. The molecule has 0 radical (unpaired) electrons. The molecule has 5 heteroatoms. The van der Waals surface area contributed by atoms with E-state index in [4.69, 9.17) is 0 Å². The van der Waals surface area contributed by atoms with Gasteiger partial charge in [0, 0.05) is 5.69 Å². The van der Waals surface area contributed by atoms with Crippen LogP contribution >= 0.6 is 0 Å². The maximum Gasteiger partial charge on any atom is 0.261 e. The first-order chi connectivity index (χ1) is 11.0. The summed E-state index contributed by atoms with van der Waals surface area (Å²) in [5.41, 5.74) is 2.24. The van der Waals surface area contributed by atoms with Gasteiger partial charge in [0.1, 0.15) is 5.75 Å². The van der Waals surface area contributed by atoms with E-state index in [1.807, 2.05) is 6.07 Å². The molecule has 0 atom stereocenters. The highest BCUT2D eigenvalue weighted by Crippen LogP contribution is 2.25. The van der Waals surface area contributed by atoms with E-state index in [-0.39, 0.29) is 10.6 Å². The summed E-state index contributed by atoms with van der Waals surface area (Å²) in [5, 5.41) is 9.52. The van der Waals surface area contributed by atoms with Gasteiger partial charge in [-0.05, 0) is 47.5 Å². The van der Waals surface area contributed by atoms with Gasteiger partial charge in [-0.3, -0.25) is 4.72 Å². The second-order valence-electron chi connectivity index (χ2n) is 5.05. The summed E-state index contributed by atoms with van der Waals surface area (Å²) in [4.78, 5) is 0.219. The maximum absolute atomic E-state index is 12.3. The Kier molecular flexibility index (Phi) is 4.04. The first-order valence-electron chi connectivity index (χ1n) is 7.02. The molecule has 3 rings (SSSR count). The molecule has 0 heterocycles. The van der Waals surface area contributed by atoms with Gasteiger partial charge in [-0.2, -0.15) is 0 Å². The van der Waals surface area contributed by atoms with Crippen LogP contribution in [0.4, 0.5) is 5.69 Å². The Morgan fingerprint density at radius 3 is 2.09 bits per heavy atom. The van der Waals surface area contributed by atoms with Crippen LogP contribution in [0.2, 0.25) is 0 Å². The Morgan fingerprint density at radius 2 is 1.43 bits per heavy atom. The van der Waals surface area contributed by atoms with E-state index in [9.17, 15) is 13.5 Å². The van der Waals surface area contributed by atoms with Crippen LogP contribution in [0.1, 0.15) is 0 Å². The van der Waals surface area contributed by atoms with Gasteiger partial charge in [0.2, 0.25) is 0 Å². The molecule has 0 aromatic heterocycles. The quantitative estimate of drug-likeness (QED) is 0.765. The van der Waals surface area contributed by atoms with Crippen LogP contribution in [0.25, 0.3) is 11.1 Å². The number of phenols is 1. The standard InChI is InChI=1S/C18H15NO3S/c20-17-6-4-5-15(13-17)14-9-11-16(12-10-14)19-23(21,22)18-7-2-1-3-8-18/h1-13,19-20H. The molecule has 0 aliphatic rings. The lowest BCUT2D eigenvalue weighted by Crippen LogP contribution is -2.12. The molecule has 0 saturated carbocycles. The van der Waals surface area contributed by atoms with Crippen molar-refractivity contribution in [3.05, 3.63) is 78.9 Å². The molecule has 0 spiro atoms. The second-order valence-corrected chi connectivity index (χ2v) is 6.73. The van der Waals surface area contributed by atoms with Crippen LogP contribution < -0.4 is 4.72 Å². The van der Waals surface area contributed by atoms with E-state index in [0.717, 1.165) is 11.1 Å². The molecule has 3 aromatic rings. The fourth-order valence-electron chi connectivity index (χ4n) is 2.23. The molecular weight excluding hydrogens is 310 g/mol. The Labute approximate surface area is 135 Å². The van der Waals surface area contributed by atoms with Gasteiger partial charge < -0.3 is 5.11 Å². The van der Waals surface area contributed by atoms with Crippen molar-refractivity contribution in [1.29, 1.82) is 0 Å². The zero-order valence-corrected chi connectivity index (χ0v) is 13.0. The van der Waals surface area contributed by atoms with Gasteiger partial charge in [-0.15, -0.1) is 0 Å². The summed E-state index contributed by atoms with van der Waals surface area (Å²) in [6.45, 7) is 0. The topological polar surface area (TPSA) is 66.4 Å². The maximum atomic E-state index is 12.3. The number of hydrogen-bond donors (Lipinski definition) is 2. The second kappa shape index (κ2) is 6.14. The van der Waals surface area contributed by atoms with Crippen LogP contribution in [0, 0.1) is 0 Å². The number of anilines is 1. The lowest BCUT2D eigenvalue weighted by atomic mass is 10.1. The van der Waals surface area contributed by atoms with Crippen LogP contribution in [-0.4, -0.2) is 13.5 Å². The van der Waals surface area contributed by atoms with E-state index in [1.54, 1.807) is 72.8 Å². The average Bonchev–Trinajstić information content (AvgIpc) is 2.56. The van der Waals surface area contributed by atoms with Gasteiger partial charge in [-0.1, -0.05) is 42.5 Å². The number of sulfonamides is 1. The van der Waals surface area contributed by atoms with Crippen molar-refractivity contribution in [2.45, 2.75) is 4.90 Å². The molecule has 0 amide bonds. The number of rotatable bonds is 4. The van der Waals surface area contributed by atoms with Crippen LogP contribution in [0.5, 0.6) is 5.75 Å². The third kappa shape index (κ3) is 3.52. The molecule has 0 unspecified atom stereocenters. The molecular formula is C18H15NO3S. The summed E-state index contributed by atoms with van der Waals surface area (Å²) in [6, 6.07) is 22.1. The third-order valence-corrected chi connectivity index (χ3v) is 4.77. The summed E-state index contributed by atoms with van der Waals surface area (Å²) < 4.78 is 27.1. The SMILES string of the molecule is O=S(=O)(Nc1ccc(-c2cccc(O)c2)cc1)c1ccccc1. The minimum Gasteiger partial charge on any atom is -0.508 e. The van der Waals surface area contributed by atoms with Crippen LogP contribution in [0.3, 0.4) is 0 Å². The minimum absolute atomic E-state index is 0.191. The Hall–Kier alpha value is -2.79. The van der Waals surface area contributed by atoms with E-state index in [1.165, 1.54) is 0 Å². The predicted octanol–water partition coefficient (Wildman–Crippen LogP) is 3.86. The molecule has 116 valence electrons. The molecule has 0 aliphatic heterocycles. The molecule has 0 bridgehead atoms. The van der Waals surface area contributed by atoms with Crippen LogP contribution in [-0.2, 0) is 10.0 Å². The van der Waals surface area contributed by atoms with Gasteiger partial charge in [0.25, 0.3) is 10.0 Å². The smallest absolute Gasteiger partial charge is 0.261 e. The minimum atomic E-state index is -3.59. The monoisotopic (exact) mass is 325 g/mol. The summed E-state index contributed by atoms with van der Waals surface area (Å²) in [7, 11) is -3.59. The van der Waals surface area contributed by atoms with Crippen LogP contribution in [0.15, 0.2) is 83.8 Å². The van der Waals surface area contributed by atoms with Crippen molar-refractivity contribution in [2.24, 2.45) is 0 Å². The van der Waals surface area contributed by atoms with Crippen molar-refractivity contribution >= 4 is 15.7 Å². The summed E-state index contributed by atoms with van der Waals surface area (Å²) in [6.07, 6.45) is 0. The van der Waals surface area contributed by atoms with E-state index < -0.39 is 10.0 Å². The molecule has 4 nitrogen and oxygen atoms in total. The van der Waals surface area contributed by atoms with E-state index in [0.29, 0.717) is 5.69 Å². The summed E-state index contributed by atoms with van der Waals surface area (Å²) >= 11 is 0. The first-order valence-corrected chi connectivity index (χ1v) is 8.50. The molecule has 0 saturated heterocycles. The molecule has 2 N–H and O–H groups in total. The summed E-state index contributed by atoms with van der Waals surface area (Å²) in [5.74, 6) is 0.191. The number of phenolic OH excluding ortho intramolecular Hbond substituents is 1. The van der Waals surface area contributed by atoms with Crippen molar-refractivity contribution in [2.75, 3.05) is 4.72 Å². The van der Waals surface area contributed by atoms with Crippen molar-refractivity contribution in [1.82, 2.24) is 0 Å². The average molecular weight is 325 g/mol. The molecule has 0 fully saturated rings. The number of benzene rings is 3. The highest BCUT2D eigenvalue weighted by atomic mass is 32.2. The van der Waals surface area contributed by atoms with E-state index in [2.05, 4.69) is 4.72 Å². The number of nitrogens with one attached hydrogen (secondary N) is 1. The zero-order chi connectivity index (χ0) is 16.3. The lowest BCUT2D eigenvalue weighted by molar-refractivity contribution is 0.475. The Bertz CT molecular complexity index is 905. The van der Waals surface area contributed by atoms with Crippen molar-refractivity contribution in [3.8, 4) is 16.9 Å². The first kappa shape index (κ1) is 15.1. The predicted molar refractivity (Wildman–Crippen MR) is 90.8 cm³/mol. The van der Waals surface area contributed by atoms with Crippen molar-refractivity contribution < 1.29 is 13.5 Å². The fraction of sp³-hybridized carbons (Fsp3) is 0. The highest BCUT2D eigenvalue weighted by Gasteiger charge is 2.13. The van der Waals surface area contributed by atoms with Gasteiger partial charge in [0.15, 0.2) is 0 Å². The van der Waals surface area contributed by atoms with Gasteiger partial charge >= 0.3 is 0 Å². The normalized spacial score (nSPS) is 11.1. The highest BCUT2D eigenvalue weighted by molar-refractivity contribution is 7.92. The third-order valence-electron chi connectivity index (χ3n) is 3.37. The zero-order valence-electron chi connectivity index (χ0n) is 12.2. The molecule has 3 aromatic carbocycles. The molecule has 23 heavy (non-hydrogen) atoms. The van der Waals surface area contributed by atoms with Gasteiger partial charge in [0.05, 0.1) is 4.90 Å². The van der Waals surface area contributed by atoms with Crippen molar-refractivity contribution in [3.63, 3.8) is 0 Å².